The van der Waals surface area contributed by atoms with Crippen molar-refractivity contribution >= 4 is 103 Å². The summed E-state index contributed by atoms with van der Waals surface area (Å²) in [6, 6.07) is 24.6. The van der Waals surface area contributed by atoms with Crippen LogP contribution in [-0.4, -0.2) is 188 Å². The molecule has 9 aromatic heterocycles. The van der Waals surface area contributed by atoms with Gasteiger partial charge in [-0.15, -0.1) is 0 Å². The van der Waals surface area contributed by atoms with Crippen LogP contribution in [0.1, 0.15) is 194 Å². The zero-order chi connectivity index (χ0) is 95.9. The first-order chi connectivity index (χ1) is 62.7. The third kappa shape index (κ3) is 18.5. The van der Waals surface area contributed by atoms with E-state index < -0.39 is 34.5 Å². The van der Waals surface area contributed by atoms with E-state index in [9.17, 15) is 34.0 Å². The van der Waals surface area contributed by atoms with Crippen molar-refractivity contribution in [2.45, 2.75) is 197 Å². The molecule has 29 nitrogen and oxygen atoms in total. The van der Waals surface area contributed by atoms with Crippen LogP contribution in [0.25, 0.3) is 84.1 Å². The molecule has 3 aliphatic heterocycles. The highest BCUT2D eigenvalue weighted by atomic mass is 35.5. The maximum absolute atomic E-state index is 15.1. The number of hydrogen-bond donors (Lipinski definition) is 0. The zero-order valence-corrected chi connectivity index (χ0v) is 79.5. The van der Waals surface area contributed by atoms with Crippen molar-refractivity contribution in [1.29, 1.82) is 5.26 Å². The summed E-state index contributed by atoms with van der Waals surface area (Å²) in [5, 5.41) is 16.4. The van der Waals surface area contributed by atoms with Crippen LogP contribution in [0.4, 0.5) is 30.6 Å². The Bertz CT molecular complexity index is 6720. The number of anilines is 3. The number of nitrogens with zero attached hydrogens (tertiary/aromatic N) is 22. The predicted octanol–water partition coefficient (Wildman–Crippen LogP) is 17.4. The van der Waals surface area contributed by atoms with Crippen LogP contribution in [-0.2, 0) is 14.4 Å². The number of methoxy groups -OCH3 is 1. The second-order valence-corrected chi connectivity index (χ2v) is 36.4. The lowest BCUT2D eigenvalue weighted by atomic mass is 10.0. The molecular weight excluding hydrogens is 1750 g/mol. The van der Waals surface area contributed by atoms with Crippen molar-refractivity contribution in [2.24, 2.45) is 0 Å². The summed E-state index contributed by atoms with van der Waals surface area (Å²) >= 11 is 20.5. The minimum atomic E-state index is -0.645. The molecule has 3 saturated heterocycles. The van der Waals surface area contributed by atoms with Crippen LogP contribution >= 0.6 is 34.8 Å². The summed E-state index contributed by atoms with van der Waals surface area (Å²) in [6.45, 7) is 48.5. The molecule has 0 N–H and O–H groups in total. The van der Waals surface area contributed by atoms with Gasteiger partial charge in [0.15, 0.2) is 16.9 Å². The van der Waals surface area contributed by atoms with Gasteiger partial charge in [-0.2, -0.15) is 35.3 Å². The Hall–Kier alpha value is -13.1. The molecule has 3 fully saturated rings. The first-order valence-electron chi connectivity index (χ1n) is 43.8. The second-order valence-electron chi connectivity index (χ2n) is 35.1. The van der Waals surface area contributed by atoms with Gasteiger partial charge in [0.2, 0.25) is 23.5 Å². The summed E-state index contributed by atoms with van der Waals surface area (Å²) in [6.07, 6.45) is 5.67. The molecule has 6 atom stereocenters. The molecule has 15 rings (SSSR count). The van der Waals surface area contributed by atoms with E-state index in [-0.39, 0.29) is 162 Å². The van der Waals surface area contributed by atoms with Gasteiger partial charge >= 0.3 is 23.1 Å². The van der Waals surface area contributed by atoms with E-state index in [1.165, 1.54) is 57.2 Å². The molecule has 3 amide bonds. The Labute approximate surface area is 778 Å². The van der Waals surface area contributed by atoms with Gasteiger partial charge < -0.3 is 34.1 Å². The molecular formula is C97H106Cl3F3N22O7. The molecule has 688 valence electrons. The highest BCUT2D eigenvalue weighted by Gasteiger charge is 2.40. The minimum absolute atomic E-state index is 0.00844. The van der Waals surface area contributed by atoms with Gasteiger partial charge in [0.1, 0.15) is 46.8 Å². The fourth-order valence-electron chi connectivity index (χ4n) is 17.2. The van der Waals surface area contributed by atoms with Crippen LogP contribution in [0, 0.1) is 28.8 Å². The number of halogens is 6. The molecule has 12 aromatic rings. The monoisotopic (exact) mass is 1850 g/mol. The Morgan fingerprint density at radius 1 is 0.439 bits per heavy atom. The number of amides is 3. The number of nitriles is 1. The van der Waals surface area contributed by atoms with Crippen LogP contribution in [0.3, 0.4) is 0 Å². The number of hydrogen-bond acceptors (Lipinski definition) is 22. The zero-order valence-electron chi connectivity index (χ0n) is 77.2. The number of pyridine rings is 3. The van der Waals surface area contributed by atoms with Gasteiger partial charge in [0, 0.05) is 104 Å². The summed E-state index contributed by atoms with van der Waals surface area (Å²) in [7, 11) is 1.50. The molecule has 12 heterocycles. The molecule has 132 heavy (non-hydrogen) atoms. The molecule has 35 heteroatoms. The van der Waals surface area contributed by atoms with Crippen molar-refractivity contribution in [1.82, 2.24) is 88.0 Å². The van der Waals surface area contributed by atoms with E-state index in [1.807, 2.05) is 145 Å². The first-order valence-corrected chi connectivity index (χ1v) is 44.9. The van der Waals surface area contributed by atoms with Gasteiger partial charge in [0.25, 0.3) is 0 Å². The summed E-state index contributed by atoms with van der Waals surface area (Å²) in [5.41, 5.74) is 3.86. The molecule has 0 aliphatic carbocycles. The fourth-order valence-corrected chi connectivity index (χ4v) is 17.9. The summed E-state index contributed by atoms with van der Waals surface area (Å²) in [5.74, 6) is -0.939. The normalized spacial score (nSPS) is 17.1. The van der Waals surface area contributed by atoms with E-state index in [2.05, 4.69) is 59.7 Å². The molecule has 0 radical (unpaired) electrons. The van der Waals surface area contributed by atoms with E-state index in [4.69, 9.17) is 54.5 Å². The van der Waals surface area contributed by atoms with Crippen molar-refractivity contribution in [2.75, 3.05) is 61.1 Å². The number of ether oxygens (including phenoxy) is 1. The number of aromatic nitrogens is 15. The van der Waals surface area contributed by atoms with E-state index in [0.717, 1.165) is 5.56 Å². The van der Waals surface area contributed by atoms with Crippen LogP contribution in [0.2, 0.25) is 15.1 Å². The van der Waals surface area contributed by atoms with Crippen LogP contribution in [0.5, 0.6) is 6.01 Å². The maximum Gasteiger partial charge on any atom is 0.357 e. The SMILES string of the molecule is C=CC(=O)N1CC(C)N(c2nc(=O)n(-c3c(C(C)C)cnn3C(C)C)c3nc(-c4ccccc4F)c(Cl)cc23)CC1C.C=CC(=O)N1CC(C)N(c2nc(=O)n(-c3c(C(C)C)nc(C#N)nc3C(C)C)c3nc(-c4ccccc4F)c(Cl)cc23)CC1C.C=CC(=O)N1CC(C)N(c2nc(=O)n(-c3c(C(C)C)nc(OC)nc3C(C)C)c3nc(-c4ccccc4F)c(Cl)cc23)CC1C. The fraction of sp³-hybridized carbons (Fsp3) is 0.381. The van der Waals surface area contributed by atoms with Crippen LogP contribution < -0.4 is 36.5 Å². The lowest BCUT2D eigenvalue weighted by Gasteiger charge is -2.44. The second kappa shape index (κ2) is 39.5. The quantitative estimate of drug-likeness (QED) is 0.0679. The molecule has 3 aliphatic rings. The average Bonchev–Trinajstić information content (AvgIpc) is 1.06. The topological polar surface area (TPSA) is 316 Å². The molecule has 6 unspecified atom stereocenters. The smallest absolute Gasteiger partial charge is 0.357 e. The number of carbonyl (C=O) groups is 3. The maximum atomic E-state index is 15.1. The van der Waals surface area contributed by atoms with E-state index >= 15 is 13.2 Å². The number of piperazine rings is 3. The van der Waals surface area contributed by atoms with Gasteiger partial charge in [-0.05, 0) is 158 Å². The van der Waals surface area contributed by atoms with Crippen molar-refractivity contribution in [3.8, 4) is 63.0 Å². The lowest BCUT2D eigenvalue weighted by Crippen LogP contribution is -2.58. The highest BCUT2D eigenvalue weighted by molar-refractivity contribution is 6.35. The van der Waals surface area contributed by atoms with E-state index in [0.29, 0.717) is 118 Å². The Balaban J connectivity index is 0.000000168. The molecule has 0 spiro atoms. The molecule has 0 saturated carbocycles. The Morgan fingerprint density at radius 3 is 1.02 bits per heavy atom. The standard InChI is InChI=1S/C33H34ClFN8O2.C33H37ClFN7O3.C31H35ClFN7O2/c1-8-26(44)41-15-20(7)42(16-19(41)6)31-22-13-23(34)29(21-11-9-10-12-24(21)35)39-32(22)43(33(45)40-31)30-27(17(2)3)37-25(14-36)38-28(30)18(4)5;1-9-25(43)40-15-20(7)41(16-19(40)6)30-22-14-23(34)28(21-12-10-11-13-24(21)35)36-31(22)42(33(44)39-30)29-26(17(2)3)37-32(45-8)38-27(29)18(4)5;1-8-26(41)37-15-20(7)38(16-19(37)6)28-22-13-24(32)27(21-11-9-10-12-25(21)33)35-29(22)39(31(42)36-28)30-23(17(2)3)14-34-40(30)18(4)5/h8-13,17-20H,1,15-16H2,2-7H3;9-14,17-20H,1,15-16H2,2-8H3;8-14,17-20H,1,15-16H2,2-7H3. The Morgan fingerprint density at radius 2 is 0.742 bits per heavy atom. The number of rotatable bonds is 19. The van der Waals surface area contributed by atoms with Crippen molar-refractivity contribution in [3.05, 3.63) is 233 Å². The largest absolute Gasteiger partial charge is 0.467 e. The van der Waals surface area contributed by atoms with Gasteiger partial charge in [0.05, 0.1) is 95.8 Å². The highest BCUT2D eigenvalue weighted by Crippen LogP contribution is 2.43. The molecule has 0 bridgehead atoms. The number of benzene rings is 3. The number of carbonyl (C=O) groups excluding carboxylic acids is 3. The predicted molar refractivity (Wildman–Crippen MR) is 510 cm³/mol. The summed E-state index contributed by atoms with van der Waals surface area (Å²) in [4.78, 5) is 138. The van der Waals surface area contributed by atoms with Gasteiger partial charge in [-0.25, -0.2) is 70.9 Å². The summed E-state index contributed by atoms with van der Waals surface area (Å²) < 4.78 is 56.7. The first kappa shape index (κ1) is 96.4. The molecule has 3 aromatic carbocycles. The van der Waals surface area contributed by atoms with E-state index in [1.54, 1.807) is 98.4 Å². The van der Waals surface area contributed by atoms with Gasteiger partial charge in [-0.3, -0.25) is 14.4 Å². The minimum Gasteiger partial charge on any atom is -0.467 e. The Kier molecular flexibility index (Phi) is 28.9. The van der Waals surface area contributed by atoms with Crippen LogP contribution in [0.15, 0.2) is 150 Å². The lowest BCUT2D eigenvalue weighted by molar-refractivity contribution is -0.129. The van der Waals surface area contributed by atoms with Crippen molar-refractivity contribution < 1.29 is 32.3 Å². The average molecular weight is 1860 g/mol. The third-order valence-corrected chi connectivity index (χ3v) is 24.7. The van der Waals surface area contributed by atoms with Crippen molar-refractivity contribution in [3.63, 3.8) is 0 Å². The number of fused-ring (bicyclic) bond motifs is 3. The third-order valence-electron chi connectivity index (χ3n) is 23.8. The van der Waals surface area contributed by atoms with Gasteiger partial charge in [-0.1, -0.05) is 160 Å².